The third-order valence-electron chi connectivity index (χ3n) is 2.42. The molecular weight excluding hydrogens is 321 g/mol. The van der Waals surface area contributed by atoms with Gasteiger partial charge in [-0.2, -0.15) is 22.0 Å². The molecule has 2 unspecified atom stereocenters. The molecule has 0 radical (unpaired) electrons. The normalized spacial score (nSPS) is 15.4. The lowest BCUT2D eigenvalue weighted by molar-refractivity contribution is -0.289. The van der Waals surface area contributed by atoms with Crippen LogP contribution in [-0.2, 0) is 9.53 Å². The molecule has 1 aromatic rings. The Bertz CT molecular complexity index is 480. The van der Waals surface area contributed by atoms with Crippen molar-refractivity contribution in [2.24, 2.45) is 0 Å². The SMILES string of the molecule is CC(NC(=O)C(F)(F)OC(Cl)C(F)(F)F)c1ccccc1. The number of hydrogen-bond donors (Lipinski definition) is 1. The Labute approximate surface area is 122 Å². The van der Waals surface area contributed by atoms with Gasteiger partial charge < -0.3 is 5.32 Å². The second kappa shape index (κ2) is 6.57. The van der Waals surface area contributed by atoms with Crippen molar-refractivity contribution in [3.05, 3.63) is 35.9 Å². The van der Waals surface area contributed by atoms with Crippen molar-refractivity contribution in [3.8, 4) is 0 Å². The molecule has 0 aromatic heterocycles. The fourth-order valence-corrected chi connectivity index (χ4v) is 1.47. The van der Waals surface area contributed by atoms with Crippen LogP contribution in [0.4, 0.5) is 22.0 Å². The first-order valence-electron chi connectivity index (χ1n) is 5.66. The molecule has 0 bridgehead atoms. The van der Waals surface area contributed by atoms with Gasteiger partial charge in [-0.05, 0) is 12.5 Å². The van der Waals surface area contributed by atoms with E-state index in [0.29, 0.717) is 5.56 Å². The molecule has 1 aromatic carbocycles. The average molecular weight is 332 g/mol. The minimum Gasteiger partial charge on any atom is -0.342 e. The predicted molar refractivity (Wildman–Crippen MR) is 64.7 cm³/mol. The van der Waals surface area contributed by atoms with E-state index in [1.165, 1.54) is 6.92 Å². The topological polar surface area (TPSA) is 38.3 Å². The number of nitrogens with one attached hydrogen (secondary N) is 1. The fourth-order valence-electron chi connectivity index (χ4n) is 1.36. The number of hydrogen-bond acceptors (Lipinski definition) is 2. The second-order valence-electron chi connectivity index (χ2n) is 4.10. The zero-order valence-electron chi connectivity index (χ0n) is 10.6. The van der Waals surface area contributed by atoms with Crippen LogP contribution in [0.2, 0.25) is 0 Å². The van der Waals surface area contributed by atoms with E-state index < -0.39 is 29.8 Å². The van der Waals surface area contributed by atoms with E-state index in [-0.39, 0.29) is 0 Å². The molecule has 0 heterocycles. The summed E-state index contributed by atoms with van der Waals surface area (Å²) in [6.07, 6.45) is -9.92. The first kappa shape index (κ1) is 17.6. The molecule has 0 spiro atoms. The fraction of sp³-hybridized carbons (Fsp3) is 0.417. The smallest absolute Gasteiger partial charge is 0.342 e. The molecule has 21 heavy (non-hydrogen) atoms. The number of ether oxygens (including phenoxy) is 1. The third kappa shape index (κ3) is 5.13. The monoisotopic (exact) mass is 331 g/mol. The molecule has 0 aliphatic carbocycles. The van der Waals surface area contributed by atoms with Crippen LogP contribution in [0.3, 0.4) is 0 Å². The van der Waals surface area contributed by atoms with Crippen LogP contribution in [0.25, 0.3) is 0 Å². The zero-order valence-corrected chi connectivity index (χ0v) is 11.4. The maximum Gasteiger partial charge on any atom is 0.438 e. The summed E-state index contributed by atoms with van der Waals surface area (Å²) in [6, 6.07) is 7.19. The summed E-state index contributed by atoms with van der Waals surface area (Å²) in [5, 5.41) is 1.85. The number of amides is 1. The average Bonchev–Trinajstić information content (AvgIpc) is 2.38. The van der Waals surface area contributed by atoms with Crippen molar-refractivity contribution in [3.63, 3.8) is 0 Å². The van der Waals surface area contributed by atoms with E-state index in [2.05, 4.69) is 16.3 Å². The van der Waals surface area contributed by atoms with E-state index in [1.54, 1.807) is 30.3 Å². The third-order valence-corrected chi connectivity index (χ3v) is 2.76. The van der Waals surface area contributed by atoms with Gasteiger partial charge in [0.15, 0.2) is 0 Å². The molecule has 1 N–H and O–H groups in total. The number of carbonyl (C=O) groups is 1. The number of rotatable bonds is 5. The van der Waals surface area contributed by atoms with Crippen molar-refractivity contribution in [1.82, 2.24) is 5.32 Å². The summed E-state index contributed by atoms with van der Waals surface area (Å²) in [5.41, 5.74) is -2.79. The summed E-state index contributed by atoms with van der Waals surface area (Å²) >= 11 is 4.63. The summed E-state index contributed by atoms with van der Waals surface area (Å²) < 4.78 is 66.0. The van der Waals surface area contributed by atoms with Crippen molar-refractivity contribution in [2.45, 2.75) is 30.8 Å². The number of benzene rings is 1. The van der Waals surface area contributed by atoms with Crippen LogP contribution in [0.15, 0.2) is 30.3 Å². The van der Waals surface area contributed by atoms with Crippen molar-refractivity contribution in [2.75, 3.05) is 0 Å². The molecule has 0 aliphatic heterocycles. The van der Waals surface area contributed by atoms with E-state index in [0.717, 1.165) is 0 Å². The lowest BCUT2D eigenvalue weighted by Gasteiger charge is -2.23. The summed E-state index contributed by atoms with van der Waals surface area (Å²) in [6.45, 7) is 1.39. The first-order chi connectivity index (χ1) is 9.54. The molecule has 0 aliphatic rings. The Balaban J connectivity index is 2.69. The van der Waals surface area contributed by atoms with Gasteiger partial charge in [-0.3, -0.25) is 9.53 Å². The minimum atomic E-state index is -5.21. The molecule has 0 saturated carbocycles. The van der Waals surface area contributed by atoms with Gasteiger partial charge in [0.25, 0.3) is 0 Å². The highest BCUT2D eigenvalue weighted by atomic mass is 35.5. The van der Waals surface area contributed by atoms with Gasteiger partial charge in [-0.25, -0.2) is 0 Å². The van der Waals surface area contributed by atoms with Gasteiger partial charge >= 0.3 is 18.2 Å². The Morgan fingerprint density at radius 2 is 1.71 bits per heavy atom. The van der Waals surface area contributed by atoms with Gasteiger partial charge in [-0.15, -0.1) is 0 Å². The highest BCUT2D eigenvalue weighted by molar-refractivity contribution is 6.20. The van der Waals surface area contributed by atoms with E-state index in [4.69, 9.17) is 0 Å². The first-order valence-corrected chi connectivity index (χ1v) is 6.10. The van der Waals surface area contributed by atoms with E-state index in [1.807, 2.05) is 5.32 Å². The highest BCUT2D eigenvalue weighted by Gasteiger charge is 2.50. The molecule has 0 fully saturated rings. The molecule has 2 atom stereocenters. The maximum atomic E-state index is 13.3. The summed E-state index contributed by atoms with van der Waals surface area (Å²) in [4.78, 5) is 11.3. The Kier molecular flexibility index (Phi) is 5.52. The standard InChI is InChI=1S/C12H11ClF5NO2/c1-7(8-5-3-2-4-6-8)19-10(20)12(17,18)21-9(13)11(14,15)16/h2-7,9H,1H3,(H,19,20). The van der Waals surface area contributed by atoms with Crippen LogP contribution in [0, 0.1) is 0 Å². The lowest BCUT2D eigenvalue weighted by Crippen LogP contribution is -2.46. The lowest BCUT2D eigenvalue weighted by atomic mass is 10.1. The molecular formula is C12H11ClF5NO2. The van der Waals surface area contributed by atoms with E-state index in [9.17, 15) is 26.7 Å². The van der Waals surface area contributed by atoms with Crippen LogP contribution in [0.5, 0.6) is 0 Å². The Morgan fingerprint density at radius 1 is 1.19 bits per heavy atom. The van der Waals surface area contributed by atoms with Crippen LogP contribution >= 0.6 is 11.6 Å². The van der Waals surface area contributed by atoms with Gasteiger partial charge in [0, 0.05) is 0 Å². The van der Waals surface area contributed by atoms with Gasteiger partial charge in [0.1, 0.15) is 0 Å². The van der Waals surface area contributed by atoms with E-state index >= 15 is 0 Å². The van der Waals surface area contributed by atoms with Crippen LogP contribution in [-0.4, -0.2) is 23.8 Å². The van der Waals surface area contributed by atoms with Gasteiger partial charge in [0.2, 0.25) is 5.56 Å². The largest absolute Gasteiger partial charge is 0.438 e. The quantitative estimate of drug-likeness (QED) is 0.661. The molecule has 3 nitrogen and oxygen atoms in total. The van der Waals surface area contributed by atoms with Gasteiger partial charge in [-0.1, -0.05) is 41.9 Å². The minimum absolute atomic E-state index is 0.500. The highest BCUT2D eigenvalue weighted by Crippen LogP contribution is 2.31. The molecule has 118 valence electrons. The Morgan fingerprint density at radius 3 is 2.19 bits per heavy atom. The number of carbonyl (C=O) groups excluding carboxylic acids is 1. The van der Waals surface area contributed by atoms with Gasteiger partial charge in [0.05, 0.1) is 6.04 Å². The molecule has 1 rings (SSSR count). The Hall–Kier alpha value is -1.41. The van der Waals surface area contributed by atoms with Crippen LogP contribution in [0.1, 0.15) is 18.5 Å². The second-order valence-corrected chi connectivity index (χ2v) is 4.49. The predicted octanol–water partition coefficient (Wildman–Crippen LogP) is 3.60. The summed E-state index contributed by atoms with van der Waals surface area (Å²) in [7, 11) is 0. The van der Waals surface area contributed by atoms with Crippen molar-refractivity contribution >= 4 is 17.5 Å². The zero-order chi connectivity index (χ0) is 16.3. The summed E-state index contributed by atoms with van der Waals surface area (Å²) in [5.74, 6) is -2.01. The molecule has 0 saturated heterocycles. The maximum absolute atomic E-state index is 13.3. The van der Waals surface area contributed by atoms with Crippen LogP contribution < -0.4 is 5.32 Å². The molecule has 1 amide bonds. The number of halogens is 6. The van der Waals surface area contributed by atoms with Crippen molar-refractivity contribution < 1.29 is 31.5 Å². The molecule has 9 heteroatoms. The van der Waals surface area contributed by atoms with Crippen molar-refractivity contribution in [1.29, 1.82) is 0 Å². The number of alkyl halides is 6.